The molecule has 1 fully saturated rings. The maximum absolute atomic E-state index is 14.6. The Labute approximate surface area is 207 Å². The van der Waals surface area contributed by atoms with E-state index < -0.39 is 11.1 Å². The van der Waals surface area contributed by atoms with E-state index in [1.807, 2.05) is 56.3 Å². The van der Waals surface area contributed by atoms with Gasteiger partial charge in [-0.15, -0.1) is 0 Å². The number of rotatable bonds is 9. The first-order chi connectivity index (χ1) is 16.9. The third-order valence-electron chi connectivity index (χ3n) is 5.87. The van der Waals surface area contributed by atoms with E-state index in [-0.39, 0.29) is 30.1 Å². The van der Waals surface area contributed by atoms with Crippen molar-refractivity contribution in [2.24, 2.45) is 0 Å². The van der Waals surface area contributed by atoms with Crippen LogP contribution in [0.5, 0.6) is 11.5 Å². The van der Waals surface area contributed by atoms with Crippen LogP contribution in [0.25, 0.3) is 11.1 Å². The topological polar surface area (TPSA) is 84.9 Å². The highest BCUT2D eigenvalue weighted by Gasteiger charge is 2.31. The fourth-order valence-corrected chi connectivity index (χ4v) is 4.83. The molecule has 0 spiro atoms. The highest BCUT2D eigenvalue weighted by molar-refractivity contribution is 8.15. The summed E-state index contributed by atoms with van der Waals surface area (Å²) in [7, 11) is 0. The zero-order chi connectivity index (χ0) is 24.9. The molecule has 0 aliphatic carbocycles. The lowest BCUT2D eigenvalue weighted by Gasteiger charge is -2.16. The van der Waals surface area contributed by atoms with E-state index >= 15 is 0 Å². The highest BCUT2D eigenvalue weighted by atomic mass is 32.2. The minimum absolute atomic E-state index is 0.0388. The van der Waals surface area contributed by atoms with Gasteiger partial charge in [0.25, 0.3) is 5.24 Å². The molecule has 4 rings (SSSR count). The maximum Gasteiger partial charge on any atom is 0.286 e. The molecule has 8 heteroatoms. The fraction of sp³-hybridized carbons (Fsp3) is 0.259. The van der Waals surface area contributed by atoms with E-state index in [2.05, 4.69) is 5.32 Å². The second-order valence-corrected chi connectivity index (χ2v) is 9.45. The van der Waals surface area contributed by atoms with Crippen molar-refractivity contribution < 1.29 is 28.6 Å². The van der Waals surface area contributed by atoms with Crippen LogP contribution in [0.15, 0.2) is 54.6 Å². The molecular weight excluding hydrogens is 469 g/mol. The van der Waals surface area contributed by atoms with E-state index in [4.69, 9.17) is 14.6 Å². The number of halogens is 1. The van der Waals surface area contributed by atoms with Gasteiger partial charge in [-0.25, -0.2) is 4.39 Å². The van der Waals surface area contributed by atoms with Crippen LogP contribution in [-0.2, 0) is 17.8 Å². The molecule has 2 N–H and O–H groups in total. The smallest absolute Gasteiger partial charge is 0.286 e. The van der Waals surface area contributed by atoms with Crippen LogP contribution in [0.2, 0.25) is 0 Å². The van der Waals surface area contributed by atoms with Gasteiger partial charge in [0.1, 0.15) is 19.0 Å². The number of imide groups is 1. The number of aliphatic hydroxyl groups excluding tert-OH is 1. The van der Waals surface area contributed by atoms with Crippen LogP contribution in [0.1, 0.15) is 22.3 Å². The number of aryl methyl sites for hydroxylation is 1. The molecule has 0 saturated carbocycles. The Morgan fingerprint density at radius 2 is 1.80 bits per heavy atom. The summed E-state index contributed by atoms with van der Waals surface area (Å²) in [5, 5.41) is 10.5. The molecule has 0 radical (unpaired) electrons. The van der Waals surface area contributed by atoms with Crippen molar-refractivity contribution in [2.45, 2.75) is 32.1 Å². The minimum Gasteiger partial charge on any atom is -0.489 e. The number of ether oxygens (including phenoxy) is 2. The molecule has 3 aromatic rings. The molecule has 1 aliphatic rings. The second kappa shape index (κ2) is 10.9. The molecule has 35 heavy (non-hydrogen) atoms. The van der Waals surface area contributed by atoms with Crippen molar-refractivity contribution in [1.29, 1.82) is 0 Å². The molecular formula is C27H26FNO5S. The first-order valence-corrected chi connectivity index (χ1v) is 12.1. The predicted molar refractivity (Wildman–Crippen MR) is 133 cm³/mol. The van der Waals surface area contributed by atoms with E-state index in [9.17, 15) is 14.0 Å². The molecule has 3 aromatic carbocycles. The summed E-state index contributed by atoms with van der Waals surface area (Å²) in [4.78, 5) is 23.1. The van der Waals surface area contributed by atoms with Gasteiger partial charge in [-0.05, 0) is 77.9 Å². The Morgan fingerprint density at radius 1 is 1.03 bits per heavy atom. The summed E-state index contributed by atoms with van der Waals surface area (Å²) in [6, 6.07) is 16.4. The molecule has 0 bridgehead atoms. The lowest BCUT2D eigenvalue weighted by molar-refractivity contribution is -0.118. The fourth-order valence-electron chi connectivity index (χ4n) is 3.97. The first kappa shape index (κ1) is 24.8. The standard InChI is InChI=1S/C27H26FNO5S/c1-16-12-24(33-11-10-30)23(28)14-22(16)21-5-3-4-19(17(21)2)15-34-20-8-6-18(7-9-20)13-25-26(31)29-27(32)35-25/h3-9,12,14,25,30H,10-11,13,15H2,1-2H3,(H,29,31,32). The largest absolute Gasteiger partial charge is 0.489 e. The zero-order valence-corrected chi connectivity index (χ0v) is 20.3. The van der Waals surface area contributed by atoms with Gasteiger partial charge in [-0.3, -0.25) is 14.9 Å². The number of aliphatic hydroxyl groups is 1. The number of carbonyl (C=O) groups excluding carboxylic acids is 2. The predicted octanol–water partition coefficient (Wildman–Crippen LogP) is 4.95. The van der Waals surface area contributed by atoms with Gasteiger partial charge < -0.3 is 14.6 Å². The maximum atomic E-state index is 14.6. The molecule has 182 valence electrons. The molecule has 6 nitrogen and oxygen atoms in total. The summed E-state index contributed by atoms with van der Waals surface area (Å²) < 4.78 is 25.8. The summed E-state index contributed by atoms with van der Waals surface area (Å²) in [6.45, 7) is 4.08. The van der Waals surface area contributed by atoms with Gasteiger partial charge in [0.2, 0.25) is 5.91 Å². The summed E-state index contributed by atoms with van der Waals surface area (Å²) >= 11 is 1.02. The molecule has 0 aromatic heterocycles. The SMILES string of the molecule is Cc1cc(OCCO)c(F)cc1-c1cccc(COc2ccc(CC3SC(=O)NC3=O)cc2)c1C. The number of carbonyl (C=O) groups is 2. The number of hydrogen-bond donors (Lipinski definition) is 2. The summed E-state index contributed by atoms with van der Waals surface area (Å²) in [6.07, 6.45) is 0.476. The van der Waals surface area contributed by atoms with E-state index in [0.29, 0.717) is 18.8 Å². The molecule has 1 heterocycles. The Bertz CT molecular complexity index is 1250. The van der Waals surface area contributed by atoms with Crippen LogP contribution in [0.3, 0.4) is 0 Å². The number of nitrogens with one attached hydrogen (secondary N) is 1. The normalized spacial score (nSPS) is 15.3. The zero-order valence-electron chi connectivity index (χ0n) is 19.5. The lowest BCUT2D eigenvalue weighted by Crippen LogP contribution is -2.25. The molecule has 1 saturated heterocycles. The number of hydrogen-bond acceptors (Lipinski definition) is 6. The number of thioether (sulfide) groups is 1. The Morgan fingerprint density at radius 3 is 2.49 bits per heavy atom. The van der Waals surface area contributed by atoms with Crippen LogP contribution in [-0.4, -0.2) is 34.7 Å². The van der Waals surface area contributed by atoms with Crippen molar-refractivity contribution >= 4 is 22.9 Å². The quantitative estimate of drug-likeness (QED) is 0.437. The lowest BCUT2D eigenvalue weighted by atomic mass is 9.93. The van der Waals surface area contributed by atoms with Gasteiger partial charge >= 0.3 is 0 Å². The molecule has 2 amide bonds. The van der Waals surface area contributed by atoms with Gasteiger partial charge in [-0.1, -0.05) is 42.1 Å². The summed E-state index contributed by atoms with van der Waals surface area (Å²) in [5.41, 5.74) is 5.46. The average Bonchev–Trinajstić information content (AvgIpc) is 3.16. The van der Waals surface area contributed by atoms with Gasteiger partial charge in [0.05, 0.1) is 11.9 Å². The highest BCUT2D eigenvalue weighted by Crippen LogP contribution is 2.33. The van der Waals surface area contributed by atoms with Crippen molar-refractivity contribution in [3.05, 3.63) is 82.7 Å². The van der Waals surface area contributed by atoms with E-state index in [1.165, 1.54) is 6.07 Å². The number of amides is 2. The van der Waals surface area contributed by atoms with E-state index in [0.717, 1.165) is 45.1 Å². The third kappa shape index (κ3) is 5.83. The summed E-state index contributed by atoms with van der Waals surface area (Å²) in [5.74, 6) is 0.0848. The van der Waals surface area contributed by atoms with Crippen LogP contribution in [0.4, 0.5) is 9.18 Å². The van der Waals surface area contributed by atoms with Crippen molar-refractivity contribution in [1.82, 2.24) is 5.32 Å². The van der Waals surface area contributed by atoms with Gasteiger partial charge in [-0.2, -0.15) is 0 Å². The van der Waals surface area contributed by atoms with Gasteiger partial charge in [0, 0.05) is 0 Å². The molecule has 1 unspecified atom stereocenters. The Kier molecular flexibility index (Phi) is 7.73. The average molecular weight is 496 g/mol. The molecule has 1 aliphatic heterocycles. The number of benzene rings is 3. The van der Waals surface area contributed by atoms with Crippen LogP contribution in [0, 0.1) is 19.7 Å². The second-order valence-electron chi connectivity index (χ2n) is 8.28. The molecule has 1 atom stereocenters. The van der Waals surface area contributed by atoms with Crippen LogP contribution >= 0.6 is 11.8 Å². The van der Waals surface area contributed by atoms with Crippen molar-refractivity contribution in [3.8, 4) is 22.6 Å². The van der Waals surface area contributed by atoms with Gasteiger partial charge in [0.15, 0.2) is 11.6 Å². The van der Waals surface area contributed by atoms with E-state index in [1.54, 1.807) is 6.07 Å². The Balaban J connectivity index is 1.45. The first-order valence-electron chi connectivity index (χ1n) is 11.2. The van der Waals surface area contributed by atoms with Crippen molar-refractivity contribution in [3.63, 3.8) is 0 Å². The third-order valence-corrected chi connectivity index (χ3v) is 6.85. The minimum atomic E-state index is -0.474. The Hall–Kier alpha value is -3.36. The van der Waals surface area contributed by atoms with Crippen molar-refractivity contribution in [2.75, 3.05) is 13.2 Å². The monoisotopic (exact) mass is 495 g/mol. The van der Waals surface area contributed by atoms with Crippen LogP contribution < -0.4 is 14.8 Å².